The van der Waals surface area contributed by atoms with E-state index in [0.717, 1.165) is 15.9 Å². The van der Waals surface area contributed by atoms with E-state index in [1.54, 1.807) is 10.3 Å². The zero-order valence-corrected chi connectivity index (χ0v) is 40.3. The van der Waals surface area contributed by atoms with Gasteiger partial charge in [-0.2, -0.15) is 0 Å². The van der Waals surface area contributed by atoms with Crippen molar-refractivity contribution in [3.05, 3.63) is 123 Å². The predicted molar refractivity (Wildman–Crippen MR) is 253 cm³/mol. The summed E-state index contributed by atoms with van der Waals surface area (Å²) in [5, 5.41) is 11.0. The normalized spacial score (nSPS) is 14.1. The van der Waals surface area contributed by atoms with Crippen LogP contribution in [-0.4, -0.2) is 73.0 Å². The lowest BCUT2D eigenvalue weighted by atomic mass is 9.92. The highest BCUT2D eigenvalue weighted by atomic mass is 32.1. The molecule has 0 spiro atoms. The van der Waals surface area contributed by atoms with Crippen LogP contribution in [-0.2, 0) is 30.0 Å². The van der Waals surface area contributed by atoms with E-state index in [1.165, 1.54) is 18.3 Å². The fraction of sp³-hybridized carbons (Fsp3) is 0.490. The Labute approximate surface area is 379 Å². The summed E-state index contributed by atoms with van der Waals surface area (Å²) in [7, 11) is -2.80. The van der Waals surface area contributed by atoms with Gasteiger partial charge in [-0.05, 0) is 57.6 Å². The zero-order chi connectivity index (χ0) is 46.2. The molecule has 1 aromatic heterocycles. The van der Waals surface area contributed by atoms with Crippen LogP contribution < -0.4 is 15.7 Å². The molecule has 1 heterocycles. The average molecular weight is 895 g/mol. The number of hydrogen-bond donors (Lipinski definition) is 1. The summed E-state index contributed by atoms with van der Waals surface area (Å²) in [6, 6.07) is 28.2. The largest absolute Gasteiger partial charge is 0.455 e. The van der Waals surface area contributed by atoms with Crippen molar-refractivity contribution in [2.45, 2.75) is 130 Å². The Morgan fingerprint density at radius 2 is 1.51 bits per heavy atom. The smallest absolute Gasteiger partial charge is 0.303 e. The monoisotopic (exact) mass is 894 g/mol. The van der Waals surface area contributed by atoms with Gasteiger partial charge < -0.3 is 19.4 Å². The molecule has 5 atom stereocenters. The minimum Gasteiger partial charge on any atom is -0.455 e. The number of nitrogens with one attached hydrogen (secondary N) is 1. The van der Waals surface area contributed by atoms with Crippen molar-refractivity contribution >= 4 is 53.6 Å². The molecule has 63 heavy (non-hydrogen) atoms. The molecule has 3 aromatic carbocycles. The van der Waals surface area contributed by atoms with E-state index < -0.39 is 44.4 Å². The maximum Gasteiger partial charge on any atom is 0.303 e. The molecular weight excluding hydrogens is 829 g/mol. The molecule has 338 valence electrons. The summed E-state index contributed by atoms with van der Waals surface area (Å²) in [6.45, 7) is 18.5. The summed E-state index contributed by atoms with van der Waals surface area (Å²) >= 11 is 1.18. The van der Waals surface area contributed by atoms with E-state index >= 15 is 0 Å². The number of Topliss-reactive ketones (excluding diaryl/α,β-unsaturated/α-hetero) is 1. The van der Waals surface area contributed by atoms with Crippen molar-refractivity contribution in [1.29, 1.82) is 0 Å². The molecular formula is C49H66N6O6SSi. The van der Waals surface area contributed by atoms with Crippen molar-refractivity contribution in [3.8, 4) is 0 Å². The van der Waals surface area contributed by atoms with Crippen molar-refractivity contribution in [2.75, 3.05) is 13.2 Å². The van der Waals surface area contributed by atoms with Crippen LogP contribution in [0.5, 0.6) is 0 Å². The standard InChI is InChI=1S/C49H66N6O6SSi/c1-10-29-55(48(59)45(53-54-50)35(5)11-2)42(34(3)4)32-44(61-36(6)56)47-52-41(33-62-47)46(58)51-40(31-37-22-15-12-16-23-37)43(57)28-21-30-60-63(49(7,8)9,38-24-17-13-18-25-38)39-26-19-14-20-27-39/h12-20,22-27,33-35,40,42,44-45H,10-11,21,28-32H2,1-9H3,(H,51,58)/t35-,40-,42+,44+,45-/m0/s1. The van der Waals surface area contributed by atoms with Gasteiger partial charge in [0.25, 0.3) is 14.2 Å². The second-order valence-electron chi connectivity index (χ2n) is 17.6. The Kier molecular flexibility index (Phi) is 19.3. The topological polar surface area (TPSA) is 164 Å². The summed E-state index contributed by atoms with van der Waals surface area (Å²) in [4.78, 5) is 64.1. The Balaban J connectivity index is 1.56. The lowest BCUT2D eigenvalue weighted by Gasteiger charge is -2.43. The maximum atomic E-state index is 14.1. The number of ketones is 1. The Morgan fingerprint density at radius 1 is 0.921 bits per heavy atom. The third-order valence-corrected chi connectivity index (χ3v) is 17.6. The summed E-state index contributed by atoms with van der Waals surface area (Å²) < 4.78 is 12.9. The molecule has 0 aliphatic heterocycles. The first kappa shape index (κ1) is 50.5. The molecule has 0 bridgehead atoms. The molecule has 4 aromatic rings. The molecule has 0 aliphatic carbocycles. The second kappa shape index (κ2) is 24.1. The zero-order valence-electron chi connectivity index (χ0n) is 38.5. The molecule has 12 nitrogen and oxygen atoms in total. The van der Waals surface area contributed by atoms with Crippen LogP contribution in [0, 0.1) is 11.8 Å². The molecule has 0 aliphatic rings. The Morgan fingerprint density at radius 3 is 2.02 bits per heavy atom. The van der Waals surface area contributed by atoms with Crippen molar-refractivity contribution in [3.63, 3.8) is 0 Å². The van der Waals surface area contributed by atoms with Crippen LogP contribution in [0.1, 0.15) is 122 Å². The molecule has 2 amide bonds. The number of amides is 2. The molecule has 0 fully saturated rings. The predicted octanol–water partition coefficient (Wildman–Crippen LogP) is 9.39. The van der Waals surface area contributed by atoms with Crippen LogP contribution in [0.25, 0.3) is 10.4 Å². The number of azide groups is 1. The summed E-state index contributed by atoms with van der Waals surface area (Å²) in [5.74, 6) is -1.69. The molecule has 14 heteroatoms. The first-order valence-corrected chi connectivity index (χ1v) is 25.0. The number of rotatable bonds is 24. The van der Waals surface area contributed by atoms with E-state index in [1.807, 2.05) is 101 Å². The van der Waals surface area contributed by atoms with Crippen LogP contribution >= 0.6 is 11.3 Å². The molecule has 1 N–H and O–H groups in total. The SMILES string of the molecule is CCCN(C(=O)[C@@H](N=[N+]=[N-])[C@@H](C)CC)[C@H](C[C@@H](OC(C)=O)c1nc(C(=O)N[C@@H](Cc2ccccc2)C(=O)CCCO[Si](c2ccccc2)(c2ccccc2)C(C)(C)C)cs1)C(C)C. The lowest BCUT2D eigenvalue weighted by Crippen LogP contribution is -2.66. The lowest BCUT2D eigenvalue weighted by molar-refractivity contribution is -0.149. The number of ether oxygens (including phenoxy) is 1. The van der Waals surface area contributed by atoms with Crippen LogP contribution in [0.2, 0.25) is 5.04 Å². The minimum absolute atomic E-state index is 0.0657. The van der Waals surface area contributed by atoms with Gasteiger partial charge in [0.05, 0.1) is 6.04 Å². The van der Waals surface area contributed by atoms with Crippen molar-refractivity contribution < 1.29 is 28.3 Å². The van der Waals surface area contributed by atoms with Crippen molar-refractivity contribution in [2.24, 2.45) is 17.0 Å². The number of aromatic nitrogens is 1. The highest BCUT2D eigenvalue weighted by Crippen LogP contribution is 2.37. The van der Waals surface area contributed by atoms with E-state index in [-0.39, 0.29) is 47.1 Å². The number of carbonyl (C=O) groups excluding carboxylic acids is 4. The quantitative estimate of drug-likeness (QED) is 0.0183. The van der Waals surface area contributed by atoms with E-state index in [0.29, 0.717) is 43.8 Å². The van der Waals surface area contributed by atoms with Gasteiger partial charge in [-0.15, -0.1) is 11.3 Å². The van der Waals surface area contributed by atoms with Crippen LogP contribution in [0.15, 0.2) is 101 Å². The third-order valence-electron chi connectivity index (χ3n) is 11.6. The maximum absolute atomic E-state index is 14.1. The number of benzene rings is 3. The average Bonchev–Trinajstić information content (AvgIpc) is 3.77. The first-order chi connectivity index (χ1) is 30.1. The Hall–Kier alpha value is -5.14. The van der Waals surface area contributed by atoms with E-state index in [2.05, 4.69) is 65.4 Å². The number of nitrogens with zero attached hydrogens (tertiary/aromatic N) is 5. The van der Waals surface area contributed by atoms with Crippen molar-refractivity contribution in [1.82, 2.24) is 15.2 Å². The second-order valence-corrected chi connectivity index (χ2v) is 22.8. The molecule has 4 rings (SSSR count). The molecule has 0 radical (unpaired) electrons. The first-order valence-electron chi connectivity index (χ1n) is 22.2. The summed E-state index contributed by atoms with van der Waals surface area (Å²) in [6.07, 6.45) is 1.60. The Bertz CT molecular complexity index is 2080. The molecule has 0 saturated heterocycles. The number of esters is 1. The van der Waals surface area contributed by atoms with Gasteiger partial charge in [0.2, 0.25) is 5.91 Å². The van der Waals surface area contributed by atoms with Gasteiger partial charge in [0.1, 0.15) is 16.7 Å². The number of thiazole rings is 1. The third kappa shape index (κ3) is 13.4. The molecule has 0 saturated carbocycles. The van der Waals surface area contributed by atoms with E-state index in [4.69, 9.17) is 9.16 Å². The number of carbonyl (C=O) groups is 4. The fourth-order valence-corrected chi connectivity index (χ4v) is 13.6. The summed E-state index contributed by atoms with van der Waals surface area (Å²) in [5.41, 5.74) is 10.3. The fourth-order valence-electron chi connectivity index (χ4n) is 8.19. The van der Waals surface area contributed by atoms with Crippen LogP contribution in [0.3, 0.4) is 0 Å². The minimum atomic E-state index is -2.80. The van der Waals surface area contributed by atoms with E-state index in [9.17, 15) is 24.7 Å². The van der Waals surface area contributed by atoms with Gasteiger partial charge in [-0.25, -0.2) is 4.98 Å². The number of hydrogen-bond acceptors (Lipinski definition) is 9. The van der Waals surface area contributed by atoms with Gasteiger partial charge in [0.15, 0.2) is 11.9 Å². The van der Waals surface area contributed by atoms with Gasteiger partial charge in [0, 0.05) is 49.3 Å². The van der Waals surface area contributed by atoms with Crippen LogP contribution in [0.4, 0.5) is 0 Å². The highest BCUT2D eigenvalue weighted by Gasteiger charge is 2.50. The van der Waals surface area contributed by atoms with Gasteiger partial charge in [-0.3, -0.25) is 19.2 Å². The van der Waals surface area contributed by atoms with Gasteiger partial charge in [-0.1, -0.05) is 158 Å². The highest BCUT2D eigenvalue weighted by molar-refractivity contribution is 7.09. The van der Waals surface area contributed by atoms with Gasteiger partial charge >= 0.3 is 5.97 Å². The molecule has 0 unspecified atom stereocenters.